The van der Waals surface area contributed by atoms with Crippen molar-refractivity contribution in [3.8, 4) is 0 Å². The van der Waals surface area contributed by atoms with Crippen LogP contribution in [0.4, 0.5) is 5.95 Å². The van der Waals surface area contributed by atoms with Gasteiger partial charge in [0.15, 0.2) is 0 Å². The van der Waals surface area contributed by atoms with Crippen LogP contribution in [0, 0.1) is 0 Å². The van der Waals surface area contributed by atoms with Gasteiger partial charge in [0.05, 0.1) is 5.69 Å². The van der Waals surface area contributed by atoms with Crippen molar-refractivity contribution in [1.29, 1.82) is 0 Å². The first-order valence-electron chi connectivity index (χ1n) is 8.20. The normalized spacial score (nSPS) is 11.1. The Bertz CT molecular complexity index is 791. The van der Waals surface area contributed by atoms with Crippen LogP contribution in [0.2, 0.25) is 0 Å². The van der Waals surface area contributed by atoms with Crippen LogP contribution >= 0.6 is 0 Å². The van der Waals surface area contributed by atoms with Crippen LogP contribution in [0.5, 0.6) is 0 Å². The monoisotopic (exact) mass is 354 g/mol. The van der Waals surface area contributed by atoms with Crippen LogP contribution in [-0.2, 0) is 22.4 Å². The summed E-state index contributed by atoms with van der Waals surface area (Å²) in [5.41, 5.74) is 1.89. The van der Waals surface area contributed by atoms with Gasteiger partial charge in [-0.15, -0.1) is 0 Å². The van der Waals surface area contributed by atoms with Gasteiger partial charge in [0.25, 0.3) is 5.91 Å². The molecule has 0 aliphatic heterocycles. The predicted molar refractivity (Wildman–Crippen MR) is 99.1 cm³/mol. The van der Waals surface area contributed by atoms with Gasteiger partial charge in [-0.2, -0.15) is 0 Å². The van der Waals surface area contributed by atoms with Crippen molar-refractivity contribution in [3.63, 3.8) is 0 Å². The fraction of sp³-hybridized carbons (Fsp3) is 0.333. The number of hydrogen-bond donors (Lipinski definition) is 1. The summed E-state index contributed by atoms with van der Waals surface area (Å²) in [5, 5.41) is 2.22. The second-order valence-corrected chi connectivity index (χ2v) is 5.70. The number of likely N-dealkylation sites (N-methyl/N-ethyl adjacent to an activating group) is 1. The first kappa shape index (κ1) is 19.2. The Labute approximate surface area is 152 Å². The van der Waals surface area contributed by atoms with E-state index in [1.54, 1.807) is 18.5 Å². The van der Waals surface area contributed by atoms with Gasteiger partial charge in [-0.1, -0.05) is 6.07 Å². The Balaban J connectivity index is 2.02. The van der Waals surface area contributed by atoms with Gasteiger partial charge < -0.3 is 4.90 Å². The molecule has 0 atom stereocenters. The van der Waals surface area contributed by atoms with Crippen molar-refractivity contribution in [1.82, 2.24) is 20.3 Å². The van der Waals surface area contributed by atoms with E-state index in [0.717, 1.165) is 12.1 Å². The summed E-state index contributed by atoms with van der Waals surface area (Å²) in [5.74, 6) is -0.377. The summed E-state index contributed by atoms with van der Waals surface area (Å²) in [4.78, 5) is 41.9. The van der Waals surface area contributed by atoms with Gasteiger partial charge in [-0.25, -0.2) is 9.97 Å². The Morgan fingerprint density at radius 2 is 1.96 bits per heavy atom. The molecular formula is C18H22N6O2. The molecule has 2 heterocycles. The van der Waals surface area contributed by atoms with Gasteiger partial charge >= 0.3 is 0 Å². The van der Waals surface area contributed by atoms with Gasteiger partial charge in [-0.3, -0.25) is 24.9 Å². The molecule has 0 spiro atoms. The number of carbonyl (C=O) groups excluding carboxylic acids is 2. The molecule has 0 aliphatic rings. The lowest BCUT2D eigenvalue weighted by molar-refractivity contribution is -0.125. The van der Waals surface area contributed by atoms with E-state index in [1.165, 1.54) is 14.0 Å². The van der Waals surface area contributed by atoms with Gasteiger partial charge in [-0.05, 0) is 18.2 Å². The minimum atomic E-state index is -0.510. The van der Waals surface area contributed by atoms with Crippen molar-refractivity contribution in [2.45, 2.75) is 19.8 Å². The number of carbonyl (C=O) groups is 2. The number of rotatable bonds is 7. The van der Waals surface area contributed by atoms with Crippen LogP contribution < -0.4 is 10.2 Å². The molecule has 0 fully saturated rings. The molecule has 8 heteroatoms. The molecule has 0 radical (unpaired) electrons. The predicted octanol–water partition coefficient (Wildman–Crippen LogP) is 0.827. The highest BCUT2D eigenvalue weighted by atomic mass is 16.2. The average Bonchev–Trinajstić information content (AvgIpc) is 2.64. The highest BCUT2D eigenvalue weighted by molar-refractivity contribution is 6.41. The fourth-order valence-corrected chi connectivity index (χ4v) is 2.26. The lowest BCUT2D eigenvalue weighted by Gasteiger charge is -2.17. The number of hydrogen-bond acceptors (Lipinski definition) is 7. The molecule has 1 N–H and O–H groups in total. The molecule has 26 heavy (non-hydrogen) atoms. The van der Waals surface area contributed by atoms with Gasteiger partial charge in [0.1, 0.15) is 5.71 Å². The first-order valence-corrected chi connectivity index (χ1v) is 8.20. The van der Waals surface area contributed by atoms with Crippen molar-refractivity contribution >= 4 is 23.5 Å². The minimum absolute atomic E-state index is 0.221. The number of pyridine rings is 1. The van der Waals surface area contributed by atoms with E-state index in [1.807, 2.05) is 30.1 Å². The zero-order chi connectivity index (χ0) is 18.9. The van der Waals surface area contributed by atoms with E-state index >= 15 is 0 Å². The lowest BCUT2D eigenvalue weighted by Crippen LogP contribution is -2.35. The maximum Gasteiger partial charge on any atom is 0.272 e. The summed E-state index contributed by atoms with van der Waals surface area (Å²) in [7, 11) is 3.41. The highest BCUT2D eigenvalue weighted by Gasteiger charge is 2.14. The van der Waals surface area contributed by atoms with Crippen LogP contribution in [0.25, 0.3) is 0 Å². The number of nitrogens with zero attached hydrogens (tertiary/aromatic N) is 5. The maximum atomic E-state index is 11.9. The van der Waals surface area contributed by atoms with Gasteiger partial charge in [0.2, 0.25) is 11.9 Å². The van der Waals surface area contributed by atoms with Crippen LogP contribution in [0.15, 0.2) is 41.7 Å². The zero-order valence-electron chi connectivity index (χ0n) is 15.1. The Morgan fingerprint density at radius 3 is 2.62 bits per heavy atom. The van der Waals surface area contributed by atoms with E-state index in [2.05, 4.69) is 25.3 Å². The lowest BCUT2D eigenvalue weighted by atomic mass is 10.2. The third kappa shape index (κ3) is 5.73. The topological polar surface area (TPSA) is 100 Å². The molecule has 2 aromatic rings. The highest BCUT2D eigenvalue weighted by Crippen LogP contribution is 2.08. The van der Waals surface area contributed by atoms with Crippen molar-refractivity contribution in [2.75, 3.05) is 25.5 Å². The van der Waals surface area contributed by atoms with E-state index in [4.69, 9.17) is 0 Å². The zero-order valence-corrected chi connectivity index (χ0v) is 15.1. The average molecular weight is 354 g/mol. The Hall–Kier alpha value is -3.16. The Morgan fingerprint density at radius 1 is 1.15 bits per heavy atom. The van der Waals surface area contributed by atoms with Crippen LogP contribution in [0.1, 0.15) is 18.3 Å². The smallest absolute Gasteiger partial charge is 0.272 e. The molecule has 0 unspecified atom stereocenters. The number of nitrogens with one attached hydrogen (secondary N) is 1. The van der Waals surface area contributed by atoms with Crippen LogP contribution in [0.3, 0.4) is 0 Å². The van der Waals surface area contributed by atoms with Crippen molar-refractivity contribution < 1.29 is 9.59 Å². The van der Waals surface area contributed by atoms with E-state index < -0.39 is 11.8 Å². The largest absolute Gasteiger partial charge is 0.343 e. The summed E-state index contributed by atoms with van der Waals surface area (Å²) in [6.07, 6.45) is 4.40. The molecule has 0 aromatic carbocycles. The van der Waals surface area contributed by atoms with Crippen molar-refractivity contribution in [2.24, 2.45) is 4.99 Å². The number of aromatic nitrogens is 3. The molecule has 2 amide bonds. The molecule has 2 aromatic heterocycles. The summed E-state index contributed by atoms with van der Waals surface area (Å²) >= 11 is 0. The molecular weight excluding hydrogens is 332 g/mol. The molecule has 2 rings (SSSR count). The number of imide groups is 1. The standard InChI is InChI=1S/C18H22N6O2/c1-13(25)22-17(26)16(19-2)12-15-7-10-21-18(23-15)24(3)11-8-14-6-4-5-9-20-14/h4-7,9-10H,8,11-12H2,1-3H3,(H,22,25,26). The number of aliphatic imine (C=N–C) groups is 1. The summed E-state index contributed by atoms with van der Waals surface area (Å²) in [6.45, 7) is 1.99. The van der Waals surface area contributed by atoms with E-state index in [-0.39, 0.29) is 12.1 Å². The molecule has 8 nitrogen and oxygen atoms in total. The minimum Gasteiger partial charge on any atom is -0.343 e. The second kappa shape index (κ2) is 9.36. The number of anilines is 1. The van der Waals surface area contributed by atoms with E-state index in [0.29, 0.717) is 18.2 Å². The van der Waals surface area contributed by atoms with Gasteiger partial charge in [0, 0.05) is 58.5 Å². The first-order chi connectivity index (χ1) is 12.5. The SMILES string of the molecule is CN=C(Cc1ccnc(N(C)CCc2ccccn2)n1)C(=O)NC(C)=O. The maximum absolute atomic E-state index is 11.9. The molecule has 0 saturated heterocycles. The molecule has 136 valence electrons. The molecule has 0 bridgehead atoms. The summed E-state index contributed by atoms with van der Waals surface area (Å²) < 4.78 is 0. The second-order valence-electron chi connectivity index (χ2n) is 5.70. The quantitative estimate of drug-likeness (QED) is 0.739. The third-order valence-electron chi connectivity index (χ3n) is 3.64. The van der Waals surface area contributed by atoms with E-state index in [9.17, 15) is 9.59 Å². The molecule has 0 saturated carbocycles. The number of amides is 2. The summed E-state index contributed by atoms with van der Waals surface area (Å²) in [6, 6.07) is 7.54. The third-order valence-corrected chi connectivity index (χ3v) is 3.64. The van der Waals surface area contributed by atoms with Crippen molar-refractivity contribution in [3.05, 3.63) is 48.0 Å². The molecule has 0 aliphatic carbocycles. The fourth-order valence-electron chi connectivity index (χ4n) is 2.26. The van der Waals surface area contributed by atoms with Crippen LogP contribution in [-0.4, -0.2) is 53.1 Å². The Kier molecular flexibility index (Phi) is 6.90.